The average molecular weight is 285 g/mol. The highest BCUT2D eigenvalue weighted by Gasteiger charge is 2.25. The summed E-state index contributed by atoms with van der Waals surface area (Å²) in [7, 11) is 0. The van der Waals surface area contributed by atoms with Crippen molar-refractivity contribution in [2.24, 2.45) is 5.92 Å². The summed E-state index contributed by atoms with van der Waals surface area (Å²) in [6, 6.07) is 9.72. The fourth-order valence-electron chi connectivity index (χ4n) is 3.03. The third-order valence-electron chi connectivity index (χ3n) is 4.04. The minimum Gasteiger partial charge on any atom is -0.326 e. The zero-order chi connectivity index (χ0) is 15.2. The maximum Gasteiger partial charge on any atom is 0.224 e. The van der Waals surface area contributed by atoms with Crippen LogP contribution in [0, 0.1) is 17.2 Å². The molecule has 1 fully saturated rings. The topological polar surface area (TPSA) is 56.1 Å². The molecule has 1 amide bonds. The van der Waals surface area contributed by atoms with Crippen LogP contribution in [-0.4, -0.2) is 29.9 Å². The Hall–Kier alpha value is -1.86. The Morgan fingerprint density at radius 2 is 2.29 bits per heavy atom. The van der Waals surface area contributed by atoms with E-state index >= 15 is 0 Å². The van der Waals surface area contributed by atoms with Crippen LogP contribution in [0.15, 0.2) is 24.3 Å². The molecule has 2 unspecified atom stereocenters. The summed E-state index contributed by atoms with van der Waals surface area (Å²) >= 11 is 0. The Kier molecular flexibility index (Phi) is 5.35. The largest absolute Gasteiger partial charge is 0.326 e. The molecule has 1 saturated heterocycles. The van der Waals surface area contributed by atoms with E-state index in [-0.39, 0.29) is 5.91 Å². The molecule has 0 spiro atoms. The molecule has 1 aliphatic rings. The van der Waals surface area contributed by atoms with Crippen LogP contribution in [-0.2, 0) is 4.79 Å². The van der Waals surface area contributed by atoms with E-state index < -0.39 is 0 Å². The van der Waals surface area contributed by atoms with Gasteiger partial charge in [0.05, 0.1) is 11.6 Å². The second-order valence-corrected chi connectivity index (χ2v) is 6.03. The average Bonchev–Trinajstić information content (AvgIpc) is 2.77. The normalized spacial score (nSPS) is 22.0. The van der Waals surface area contributed by atoms with Crippen molar-refractivity contribution in [2.75, 3.05) is 18.4 Å². The van der Waals surface area contributed by atoms with Crippen LogP contribution >= 0.6 is 0 Å². The van der Waals surface area contributed by atoms with Gasteiger partial charge in [0.1, 0.15) is 0 Å². The molecule has 4 nitrogen and oxygen atoms in total. The summed E-state index contributed by atoms with van der Waals surface area (Å²) < 4.78 is 0. The van der Waals surface area contributed by atoms with Crippen molar-refractivity contribution in [3.63, 3.8) is 0 Å². The highest BCUT2D eigenvalue weighted by Crippen LogP contribution is 2.22. The first-order valence-corrected chi connectivity index (χ1v) is 7.62. The van der Waals surface area contributed by atoms with Crippen molar-refractivity contribution >= 4 is 11.6 Å². The van der Waals surface area contributed by atoms with Gasteiger partial charge in [0.25, 0.3) is 0 Å². The van der Waals surface area contributed by atoms with Gasteiger partial charge < -0.3 is 10.2 Å². The number of anilines is 1. The third kappa shape index (κ3) is 4.57. The molecule has 4 heteroatoms. The second-order valence-electron chi connectivity index (χ2n) is 6.03. The minimum absolute atomic E-state index is 0.0185. The number of rotatable bonds is 5. The standard InChI is InChI=1S/C17H23N3O/c1-13-9-14(2)20(12-13)8-4-7-17(21)19-16-6-3-5-15(10-16)11-18/h3,5-6,10,13-14H,4,7-9,12H2,1-2H3,(H,19,21). The van der Waals surface area contributed by atoms with Crippen LogP contribution in [0.2, 0.25) is 0 Å². The van der Waals surface area contributed by atoms with E-state index in [1.807, 2.05) is 6.07 Å². The molecule has 112 valence electrons. The summed E-state index contributed by atoms with van der Waals surface area (Å²) in [5, 5.41) is 11.7. The number of nitrogens with zero attached hydrogens (tertiary/aromatic N) is 2. The monoisotopic (exact) mass is 285 g/mol. The Morgan fingerprint density at radius 3 is 2.95 bits per heavy atom. The summed E-state index contributed by atoms with van der Waals surface area (Å²) in [5.74, 6) is 0.785. The highest BCUT2D eigenvalue weighted by molar-refractivity contribution is 5.90. The fraction of sp³-hybridized carbons (Fsp3) is 0.529. The predicted molar refractivity (Wildman–Crippen MR) is 83.8 cm³/mol. The van der Waals surface area contributed by atoms with E-state index in [4.69, 9.17) is 5.26 Å². The number of hydrogen-bond acceptors (Lipinski definition) is 3. The maximum absolute atomic E-state index is 11.9. The lowest BCUT2D eigenvalue weighted by Gasteiger charge is -2.20. The van der Waals surface area contributed by atoms with Gasteiger partial charge in [0, 0.05) is 24.7 Å². The molecule has 0 radical (unpaired) electrons. The molecule has 21 heavy (non-hydrogen) atoms. The van der Waals surface area contributed by atoms with Crippen molar-refractivity contribution in [3.8, 4) is 6.07 Å². The Morgan fingerprint density at radius 1 is 1.48 bits per heavy atom. The number of carbonyl (C=O) groups excluding carboxylic acids is 1. The van der Waals surface area contributed by atoms with Gasteiger partial charge in [-0.2, -0.15) is 5.26 Å². The van der Waals surface area contributed by atoms with Gasteiger partial charge in [0.2, 0.25) is 5.91 Å². The molecule has 2 rings (SSSR count). The zero-order valence-corrected chi connectivity index (χ0v) is 12.8. The van der Waals surface area contributed by atoms with Crippen LogP contribution in [0.3, 0.4) is 0 Å². The third-order valence-corrected chi connectivity index (χ3v) is 4.04. The molecule has 0 bridgehead atoms. The quantitative estimate of drug-likeness (QED) is 0.904. The molecule has 1 aromatic carbocycles. The van der Waals surface area contributed by atoms with Crippen LogP contribution in [0.4, 0.5) is 5.69 Å². The van der Waals surface area contributed by atoms with Gasteiger partial charge >= 0.3 is 0 Å². The molecular weight excluding hydrogens is 262 g/mol. The molecular formula is C17H23N3O. The summed E-state index contributed by atoms with van der Waals surface area (Å²) in [6.07, 6.45) is 2.66. The van der Waals surface area contributed by atoms with E-state index in [1.165, 1.54) is 6.42 Å². The molecule has 1 N–H and O–H groups in total. The lowest BCUT2D eigenvalue weighted by molar-refractivity contribution is -0.116. The van der Waals surface area contributed by atoms with Crippen LogP contribution in [0.5, 0.6) is 0 Å². The highest BCUT2D eigenvalue weighted by atomic mass is 16.1. The van der Waals surface area contributed by atoms with Crippen molar-refractivity contribution in [2.45, 2.75) is 39.2 Å². The molecule has 1 heterocycles. The first-order chi connectivity index (χ1) is 10.1. The maximum atomic E-state index is 11.9. The molecule has 2 atom stereocenters. The number of amides is 1. The summed E-state index contributed by atoms with van der Waals surface area (Å²) in [4.78, 5) is 14.4. The number of likely N-dealkylation sites (tertiary alicyclic amines) is 1. The van der Waals surface area contributed by atoms with Crippen LogP contribution in [0.1, 0.15) is 38.7 Å². The van der Waals surface area contributed by atoms with Gasteiger partial charge in [-0.15, -0.1) is 0 Å². The van der Waals surface area contributed by atoms with Crippen molar-refractivity contribution in [1.82, 2.24) is 4.90 Å². The van der Waals surface area contributed by atoms with E-state index in [0.29, 0.717) is 23.7 Å². The molecule has 0 saturated carbocycles. The zero-order valence-electron chi connectivity index (χ0n) is 12.8. The number of benzene rings is 1. The second kappa shape index (κ2) is 7.24. The van der Waals surface area contributed by atoms with Gasteiger partial charge in [-0.1, -0.05) is 13.0 Å². The Balaban J connectivity index is 1.74. The Bertz CT molecular complexity index is 535. The summed E-state index contributed by atoms with van der Waals surface area (Å²) in [5.41, 5.74) is 1.26. The smallest absolute Gasteiger partial charge is 0.224 e. The molecule has 0 aliphatic carbocycles. The van der Waals surface area contributed by atoms with Gasteiger partial charge in [0.15, 0.2) is 0 Å². The molecule has 0 aromatic heterocycles. The van der Waals surface area contributed by atoms with E-state index in [9.17, 15) is 4.79 Å². The SMILES string of the molecule is CC1CC(C)N(CCCC(=O)Nc2cccc(C#N)c2)C1. The number of carbonyl (C=O) groups is 1. The van der Waals surface area contributed by atoms with Crippen molar-refractivity contribution in [3.05, 3.63) is 29.8 Å². The lowest BCUT2D eigenvalue weighted by atomic mass is 10.1. The lowest BCUT2D eigenvalue weighted by Crippen LogP contribution is -2.28. The predicted octanol–water partition coefficient (Wildman–Crippen LogP) is 3.01. The van der Waals surface area contributed by atoms with Crippen LogP contribution < -0.4 is 5.32 Å². The van der Waals surface area contributed by atoms with Gasteiger partial charge in [-0.3, -0.25) is 4.79 Å². The number of hydrogen-bond donors (Lipinski definition) is 1. The van der Waals surface area contributed by atoms with Crippen molar-refractivity contribution < 1.29 is 4.79 Å². The van der Waals surface area contributed by atoms with E-state index in [0.717, 1.165) is 25.4 Å². The minimum atomic E-state index is 0.0185. The van der Waals surface area contributed by atoms with Gasteiger partial charge in [-0.05, 0) is 50.4 Å². The van der Waals surface area contributed by atoms with Crippen molar-refractivity contribution in [1.29, 1.82) is 5.26 Å². The first kappa shape index (κ1) is 15.5. The number of nitriles is 1. The van der Waals surface area contributed by atoms with Crippen LogP contribution in [0.25, 0.3) is 0 Å². The molecule has 1 aromatic rings. The fourth-order valence-corrected chi connectivity index (χ4v) is 3.03. The first-order valence-electron chi connectivity index (χ1n) is 7.62. The summed E-state index contributed by atoms with van der Waals surface area (Å²) in [6.45, 7) is 6.67. The number of nitrogens with one attached hydrogen (secondary N) is 1. The van der Waals surface area contributed by atoms with Gasteiger partial charge in [-0.25, -0.2) is 0 Å². The Labute approximate surface area is 126 Å². The van der Waals surface area contributed by atoms with E-state index in [2.05, 4.69) is 30.1 Å². The molecule has 1 aliphatic heterocycles. The van der Waals surface area contributed by atoms with E-state index in [1.54, 1.807) is 18.2 Å².